The van der Waals surface area contributed by atoms with E-state index >= 15 is 0 Å². The van der Waals surface area contributed by atoms with E-state index < -0.39 is 97.0 Å². The van der Waals surface area contributed by atoms with Gasteiger partial charge in [0.15, 0.2) is 0 Å². The molecule has 0 fully saturated rings. The van der Waals surface area contributed by atoms with Crippen LogP contribution in [-0.2, 0) is 47.9 Å². The van der Waals surface area contributed by atoms with E-state index in [1.54, 1.807) is 13.8 Å². The number of hydrogen-bond acceptors (Lipinski definition) is 11. The number of carbonyl (C=O) groups is 10. The second-order valence-electron chi connectivity index (χ2n) is 16.9. The van der Waals surface area contributed by atoms with Gasteiger partial charge >= 0.3 is 23.9 Å². The van der Waals surface area contributed by atoms with E-state index in [4.69, 9.17) is 15.6 Å². The van der Waals surface area contributed by atoms with E-state index in [9.17, 15) is 62.9 Å². The molecule has 388 valence electrons. The lowest BCUT2D eigenvalue weighted by Crippen LogP contribution is -2.51. The van der Waals surface area contributed by atoms with Gasteiger partial charge < -0.3 is 52.7 Å². The quantitative estimate of drug-likeness (QED) is 0.0219. The highest BCUT2D eigenvalue weighted by Gasteiger charge is 2.27. The van der Waals surface area contributed by atoms with Crippen LogP contribution >= 0.6 is 0 Å². The molecular weight excluding hydrogens is 880 g/mol. The number of amides is 5. The molecule has 0 saturated heterocycles. The highest BCUT2D eigenvalue weighted by molar-refractivity contribution is 5.88. The molecule has 0 heterocycles. The topological polar surface area (TPSA) is 338 Å². The number of aliphatic carboxylic acids is 4. The first kappa shape index (κ1) is 66.1. The van der Waals surface area contributed by atoms with Gasteiger partial charge in [-0.25, -0.2) is 14.4 Å². The van der Waals surface area contributed by atoms with Crippen LogP contribution in [0.1, 0.15) is 195 Å². The molecule has 0 radical (unpaired) electrons. The first-order valence-electron chi connectivity index (χ1n) is 23.8. The summed E-state index contributed by atoms with van der Waals surface area (Å²) >= 11 is 0. The SMILES string of the molecule is CC.CC(CCCCNC(=O)CCC(NC(=O)CC[C@H](NC(=O)CCC(NC(=O)CCCCCCCCCCCCCCCCC(=O)O)C(=O)O)C(=O)O)C(=O)O)NC(=O)C(C)(C)N.O=CF. The van der Waals surface area contributed by atoms with E-state index in [0.717, 1.165) is 57.8 Å². The Morgan fingerprint density at radius 2 is 0.806 bits per heavy atom. The lowest BCUT2D eigenvalue weighted by Gasteiger charge is -2.21. The number of hydrogen-bond donors (Lipinski definition) is 10. The third-order valence-corrected chi connectivity index (χ3v) is 10.3. The predicted molar refractivity (Wildman–Crippen MR) is 250 cm³/mol. The minimum atomic E-state index is -1.54. The summed E-state index contributed by atoms with van der Waals surface area (Å²) in [5, 5.41) is 49.8. The number of nitrogens with two attached hydrogens (primary N) is 1. The molecular formula is C46H83FN6O14. The number of rotatable bonds is 39. The van der Waals surface area contributed by atoms with E-state index in [2.05, 4.69) is 26.6 Å². The number of carboxylic acids is 4. The van der Waals surface area contributed by atoms with Crippen molar-refractivity contribution < 1.29 is 72.8 Å². The molecule has 0 saturated carbocycles. The van der Waals surface area contributed by atoms with Crippen LogP contribution in [0.25, 0.3) is 0 Å². The summed E-state index contributed by atoms with van der Waals surface area (Å²) in [7, 11) is 0. The van der Waals surface area contributed by atoms with Gasteiger partial charge in [-0.2, -0.15) is 4.39 Å². The molecule has 0 aliphatic heterocycles. The van der Waals surface area contributed by atoms with Gasteiger partial charge in [-0.05, 0) is 72.1 Å². The normalized spacial score (nSPS) is 12.5. The van der Waals surface area contributed by atoms with Crippen LogP contribution in [0.2, 0.25) is 0 Å². The van der Waals surface area contributed by atoms with E-state index in [0.29, 0.717) is 32.2 Å². The Kier molecular flexibility index (Phi) is 41.6. The summed E-state index contributed by atoms with van der Waals surface area (Å²) in [4.78, 5) is 116. The van der Waals surface area contributed by atoms with Gasteiger partial charge in [0.25, 0.3) is 6.54 Å². The molecule has 0 spiro atoms. The zero-order valence-corrected chi connectivity index (χ0v) is 40.6. The van der Waals surface area contributed by atoms with Gasteiger partial charge in [-0.3, -0.25) is 33.6 Å². The zero-order valence-electron chi connectivity index (χ0n) is 40.6. The fourth-order valence-electron chi connectivity index (χ4n) is 6.45. The van der Waals surface area contributed by atoms with Crippen LogP contribution in [0.5, 0.6) is 0 Å². The molecule has 20 nitrogen and oxygen atoms in total. The van der Waals surface area contributed by atoms with Crippen LogP contribution in [0.4, 0.5) is 4.39 Å². The molecule has 0 aromatic rings. The average molecular weight is 963 g/mol. The van der Waals surface area contributed by atoms with Crippen LogP contribution in [-0.4, -0.2) is 117 Å². The summed E-state index contributed by atoms with van der Waals surface area (Å²) in [5.74, 6) is -7.72. The Hall–Kier alpha value is -5.21. The van der Waals surface area contributed by atoms with Gasteiger partial charge in [-0.1, -0.05) is 90.9 Å². The summed E-state index contributed by atoms with van der Waals surface area (Å²) in [6.07, 6.45) is 14.7. The maximum atomic E-state index is 12.6. The van der Waals surface area contributed by atoms with Gasteiger partial charge in [-0.15, -0.1) is 0 Å². The van der Waals surface area contributed by atoms with Gasteiger partial charge in [0.2, 0.25) is 29.5 Å². The Labute approximate surface area is 395 Å². The van der Waals surface area contributed by atoms with Gasteiger partial charge in [0.1, 0.15) is 18.1 Å². The molecule has 0 aliphatic carbocycles. The van der Waals surface area contributed by atoms with Crippen LogP contribution in [0.15, 0.2) is 0 Å². The van der Waals surface area contributed by atoms with Crippen molar-refractivity contribution in [2.24, 2.45) is 5.73 Å². The molecule has 21 heteroatoms. The zero-order chi connectivity index (χ0) is 51.6. The Bertz CT molecular complexity index is 1460. The first-order valence-corrected chi connectivity index (χ1v) is 23.8. The first-order chi connectivity index (χ1) is 31.6. The summed E-state index contributed by atoms with van der Waals surface area (Å²) in [6, 6.07) is -4.44. The maximum Gasteiger partial charge on any atom is 0.326 e. The third-order valence-electron chi connectivity index (χ3n) is 10.3. The minimum absolute atomic E-state index is 0.110. The lowest BCUT2D eigenvalue weighted by molar-refractivity contribution is -0.144. The van der Waals surface area contributed by atoms with Crippen molar-refractivity contribution in [2.75, 3.05) is 6.54 Å². The van der Waals surface area contributed by atoms with E-state index in [-0.39, 0.29) is 44.1 Å². The van der Waals surface area contributed by atoms with E-state index in [1.165, 1.54) is 25.7 Å². The van der Waals surface area contributed by atoms with Gasteiger partial charge in [0.05, 0.1) is 5.54 Å². The Morgan fingerprint density at radius 1 is 0.493 bits per heavy atom. The van der Waals surface area contributed by atoms with Gasteiger partial charge in [0, 0.05) is 44.7 Å². The van der Waals surface area contributed by atoms with Crippen molar-refractivity contribution in [3.63, 3.8) is 0 Å². The van der Waals surface area contributed by atoms with Crippen molar-refractivity contribution >= 4 is 60.0 Å². The molecule has 67 heavy (non-hydrogen) atoms. The lowest BCUT2D eigenvalue weighted by atomic mass is 10.0. The number of carbonyl (C=O) groups excluding carboxylic acids is 6. The second kappa shape index (κ2) is 42.2. The monoisotopic (exact) mass is 963 g/mol. The Morgan fingerprint density at radius 3 is 1.13 bits per heavy atom. The maximum absolute atomic E-state index is 12.6. The molecule has 3 unspecified atom stereocenters. The standard InChI is InChI=1S/C43H76N6O13.C2H6.CHFO/c1-30(46-42(62)43(2,3)44)20-18-19-29-45-34(50)26-23-31(39(56)57)48-36(52)28-25-33(41(60)61)49-37(53)27-24-32(40(58)59)47-35(51)21-16-14-12-10-8-6-4-5-7-9-11-13-15-17-22-38(54)55;1-2;2-1-3/h30-33H,4-29,44H2,1-3H3,(H,45,50)(H,46,62)(H,47,51)(H,48,52)(H,49,53)(H,54,55)(H,56,57)(H,58,59)(H,60,61);1-2H3;1H/t30?,31?,32?,33-;;/m0../s1. The predicted octanol–water partition coefficient (Wildman–Crippen LogP) is 5.06. The van der Waals surface area contributed by atoms with Crippen molar-refractivity contribution in [1.82, 2.24) is 26.6 Å². The smallest absolute Gasteiger partial charge is 0.326 e. The third kappa shape index (κ3) is 41.9. The highest BCUT2D eigenvalue weighted by Crippen LogP contribution is 2.14. The van der Waals surface area contributed by atoms with Crippen molar-refractivity contribution in [3.05, 3.63) is 0 Å². The average Bonchev–Trinajstić information content (AvgIpc) is 3.25. The fourth-order valence-corrected chi connectivity index (χ4v) is 6.45. The molecule has 0 aliphatic rings. The second-order valence-corrected chi connectivity index (χ2v) is 16.9. The number of nitrogens with one attached hydrogen (secondary N) is 5. The van der Waals surface area contributed by atoms with Crippen molar-refractivity contribution in [2.45, 2.75) is 225 Å². The molecule has 0 aromatic carbocycles. The number of carboxylic acid groups (broad SMARTS) is 4. The highest BCUT2D eigenvalue weighted by atomic mass is 19.1. The molecule has 0 bridgehead atoms. The fraction of sp³-hybridized carbons (Fsp3) is 0.783. The van der Waals surface area contributed by atoms with Crippen LogP contribution in [0.3, 0.4) is 0 Å². The summed E-state index contributed by atoms with van der Waals surface area (Å²) in [6.45, 7) is 8.63. The minimum Gasteiger partial charge on any atom is -0.481 e. The summed E-state index contributed by atoms with van der Waals surface area (Å²) in [5.41, 5.74) is 4.78. The number of halogens is 1. The summed E-state index contributed by atoms with van der Waals surface area (Å²) < 4.78 is 9.61. The van der Waals surface area contributed by atoms with Crippen molar-refractivity contribution in [1.29, 1.82) is 0 Å². The Balaban J connectivity index is -0.00000784. The molecule has 4 atom stereocenters. The molecule has 0 aromatic heterocycles. The molecule has 0 rings (SSSR count). The van der Waals surface area contributed by atoms with Crippen molar-refractivity contribution in [3.8, 4) is 0 Å². The van der Waals surface area contributed by atoms with E-state index in [1.807, 2.05) is 20.8 Å². The molecule has 5 amide bonds. The molecule has 11 N–H and O–H groups in total. The van der Waals surface area contributed by atoms with Crippen LogP contribution < -0.4 is 32.3 Å². The van der Waals surface area contributed by atoms with Crippen LogP contribution in [0, 0.1) is 0 Å². The largest absolute Gasteiger partial charge is 0.481 e. The number of unbranched alkanes of at least 4 members (excludes halogenated alkanes) is 14.